The van der Waals surface area contributed by atoms with Crippen molar-refractivity contribution in [2.24, 2.45) is 0 Å². The van der Waals surface area contributed by atoms with Gasteiger partial charge in [-0.15, -0.1) is 5.10 Å². The van der Waals surface area contributed by atoms with Crippen molar-refractivity contribution in [1.82, 2.24) is 19.4 Å². The Morgan fingerprint density at radius 3 is 3.14 bits per heavy atom. The van der Waals surface area contributed by atoms with Crippen LogP contribution in [0.4, 0.5) is 5.00 Å². The van der Waals surface area contributed by atoms with E-state index in [1.807, 2.05) is 24.1 Å². The molecule has 0 atom stereocenters. The second kappa shape index (κ2) is 4.22. The van der Waals surface area contributed by atoms with Crippen molar-refractivity contribution in [3.8, 4) is 0 Å². The lowest BCUT2D eigenvalue weighted by Crippen LogP contribution is -2.02. The predicted octanol–water partition coefficient (Wildman–Crippen LogP) is 1.43. The first kappa shape index (κ1) is 9.84. The second-order valence-corrected chi connectivity index (χ2v) is 4.65. The van der Waals surface area contributed by atoms with Crippen molar-refractivity contribution in [2.75, 3.05) is 12.4 Å². The number of halogens is 1. The average molecular weight is 321 g/mol. The van der Waals surface area contributed by atoms with Gasteiger partial charge >= 0.3 is 0 Å². The van der Waals surface area contributed by atoms with E-state index in [1.54, 1.807) is 0 Å². The van der Waals surface area contributed by atoms with Crippen molar-refractivity contribution >= 4 is 39.1 Å². The summed E-state index contributed by atoms with van der Waals surface area (Å²) >= 11 is 3.59. The van der Waals surface area contributed by atoms with Gasteiger partial charge in [-0.1, -0.05) is 4.49 Å². The van der Waals surface area contributed by atoms with Crippen LogP contribution in [-0.2, 0) is 6.54 Å². The van der Waals surface area contributed by atoms with Crippen LogP contribution in [0.5, 0.6) is 0 Å². The third-order valence-corrected chi connectivity index (χ3v) is 3.04. The van der Waals surface area contributed by atoms with Crippen LogP contribution >= 0.6 is 34.1 Å². The third-order valence-electron chi connectivity index (χ3n) is 1.70. The molecular weight excluding hydrogens is 313 g/mol. The molecule has 0 aliphatic heterocycles. The van der Waals surface area contributed by atoms with Crippen LogP contribution in [0.3, 0.4) is 0 Å². The highest BCUT2D eigenvalue weighted by Gasteiger charge is 2.07. The fraction of sp³-hybridized carbons (Fsp3) is 0.286. The molecule has 74 valence electrons. The van der Waals surface area contributed by atoms with Gasteiger partial charge in [-0.2, -0.15) is 5.10 Å². The Balaban J connectivity index is 2.18. The molecule has 2 heterocycles. The summed E-state index contributed by atoms with van der Waals surface area (Å²) in [6.45, 7) is 0.662. The first-order valence-electron chi connectivity index (χ1n) is 3.96. The molecule has 0 unspecified atom stereocenters. The molecule has 0 aliphatic rings. The summed E-state index contributed by atoms with van der Waals surface area (Å²) in [6, 6.07) is 0. The molecule has 7 heteroatoms. The Bertz CT molecular complexity index is 423. The highest BCUT2D eigenvalue weighted by atomic mass is 127. The number of hydrogen-bond donors (Lipinski definition) is 1. The van der Waals surface area contributed by atoms with Gasteiger partial charge in [0.25, 0.3) is 0 Å². The van der Waals surface area contributed by atoms with E-state index in [9.17, 15) is 0 Å². The lowest BCUT2D eigenvalue weighted by molar-refractivity contribution is 0.671. The van der Waals surface area contributed by atoms with E-state index in [2.05, 4.69) is 42.6 Å². The molecule has 14 heavy (non-hydrogen) atoms. The Hall–Kier alpha value is -0.700. The topological polar surface area (TPSA) is 55.6 Å². The minimum Gasteiger partial charge on any atom is -0.377 e. The molecule has 0 fully saturated rings. The van der Waals surface area contributed by atoms with Crippen molar-refractivity contribution in [1.29, 1.82) is 0 Å². The fourth-order valence-electron chi connectivity index (χ4n) is 1.08. The Morgan fingerprint density at radius 1 is 1.64 bits per heavy atom. The van der Waals surface area contributed by atoms with Gasteiger partial charge in [0.15, 0.2) is 0 Å². The van der Waals surface area contributed by atoms with Crippen molar-refractivity contribution in [2.45, 2.75) is 6.54 Å². The SMILES string of the molecule is CNc1snnc1Cn1cc(I)cn1. The van der Waals surface area contributed by atoms with Crippen LogP contribution in [-0.4, -0.2) is 26.4 Å². The van der Waals surface area contributed by atoms with Gasteiger partial charge in [-0.25, -0.2) is 0 Å². The van der Waals surface area contributed by atoms with Crippen LogP contribution in [0.2, 0.25) is 0 Å². The second-order valence-electron chi connectivity index (χ2n) is 2.65. The monoisotopic (exact) mass is 321 g/mol. The molecule has 0 saturated carbocycles. The van der Waals surface area contributed by atoms with Gasteiger partial charge in [-0.05, 0) is 22.6 Å². The van der Waals surface area contributed by atoms with Gasteiger partial charge in [0.1, 0.15) is 10.7 Å². The van der Waals surface area contributed by atoms with Gasteiger partial charge in [-0.3, -0.25) is 4.68 Å². The van der Waals surface area contributed by atoms with Crippen LogP contribution in [0.25, 0.3) is 0 Å². The lowest BCUT2D eigenvalue weighted by atomic mass is 10.4. The van der Waals surface area contributed by atoms with Gasteiger partial charge in [0, 0.05) is 24.8 Å². The van der Waals surface area contributed by atoms with Crippen LogP contribution in [0, 0.1) is 3.57 Å². The van der Waals surface area contributed by atoms with Gasteiger partial charge in [0.2, 0.25) is 0 Å². The zero-order valence-electron chi connectivity index (χ0n) is 7.44. The molecule has 0 radical (unpaired) electrons. The van der Waals surface area contributed by atoms with E-state index in [0.29, 0.717) is 6.54 Å². The molecule has 2 aromatic heterocycles. The summed E-state index contributed by atoms with van der Waals surface area (Å²) in [4.78, 5) is 0. The Kier molecular flexibility index (Phi) is 2.96. The summed E-state index contributed by atoms with van der Waals surface area (Å²) < 4.78 is 6.85. The highest BCUT2D eigenvalue weighted by molar-refractivity contribution is 14.1. The number of nitrogens with zero attached hydrogens (tertiary/aromatic N) is 4. The first-order valence-corrected chi connectivity index (χ1v) is 5.81. The summed E-state index contributed by atoms with van der Waals surface area (Å²) in [5.41, 5.74) is 0.928. The molecule has 0 spiro atoms. The maximum Gasteiger partial charge on any atom is 0.135 e. The summed E-state index contributed by atoms with van der Waals surface area (Å²) in [5, 5.41) is 12.3. The van der Waals surface area contributed by atoms with Crippen LogP contribution in [0.1, 0.15) is 5.69 Å². The Labute approximate surface area is 98.8 Å². The lowest BCUT2D eigenvalue weighted by Gasteiger charge is -1.99. The maximum atomic E-state index is 4.18. The number of nitrogens with one attached hydrogen (secondary N) is 1. The predicted molar refractivity (Wildman–Crippen MR) is 63.5 cm³/mol. The number of aromatic nitrogens is 4. The fourth-order valence-corrected chi connectivity index (χ4v) is 2.05. The van der Waals surface area contributed by atoms with Crippen molar-refractivity contribution < 1.29 is 0 Å². The van der Waals surface area contributed by atoms with E-state index in [0.717, 1.165) is 14.3 Å². The molecule has 2 rings (SSSR count). The van der Waals surface area contributed by atoms with Crippen molar-refractivity contribution in [3.05, 3.63) is 21.7 Å². The number of rotatable bonds is 3. The van der Waals surface area contributed by atoms with Gasteiger partial charge in [0.05, 0.1) is 16.3 Å². The summed E-state index contributed by atoms with van der Waals surface area (Å²) in [6.07, 6.45) is 3.79. The first-order chi connectivity index (χ1) is 6.79. The quantitative estimate of drug-likeness (QED) is 0.869. The third kappa shape index (κ3) is 2.03. The average Bonchev–Trinajstić information content (AvgIpc) is 2.76. The molecule has 5 nitrogen and oxygen atoms in total. The number of hydrogen-bond acceptors (Lipinski definition) is 5. The maximum absolute atomic E-state index is 4.18. The molecule has 1 N–H and O–H groups in total. The largest absolute Gasteiger partial charge is 0.377 e. The minimum absolute atomic E-state index is 0.662. The highest BCUT2D eigenvalue weighted by Crippen LogP contribution is 2.17. The summed E-state index contributed by atoms with van der Waals surface area (Å²) in [7, 11) is 1.87. The van der Waals surface area contributed by atoms with E-state index in [4.69, 9.17) is 0 Å². The smallest absolute Gasteiger partial charge is 0.135 e. The van der Waals surface area contributed by atoms with E-state index in [1.165, 1.54) is 11.5 Å². The minimum atomic E-state index is 0.662. The van der Waals surface area contributed by atoms with E-state index in [-0.39, 0.29) is 0 Å². The molecule has 0 amide bonds. The van der Waals surface area contributed by atoms with E-state index < -0.39 is 0 Å². The number of anilines is 1. The van der Waals surface area contributed by atoms with Crippen molar-refractivity contribution in [3.63, 3.8) is 0 Å². The molecule has 0 aromatic carbocycles. The molecule has 0 saturated heterocycles. The molecule has 0 bridgehead atoms. The molecule has 2 aromatic rings. The van der Waals surface area contributed by atoms with Gasteiger partial charge < -0.3 is 5.32 Å². The van der Waals surface area contributed by atoms with Crippen LogP contribution < -0.4 is 5.32 Å². The van der Waals surface area contributed by atoms with Crippen LogP contribution in [0.15, 0.2) is 12.4 Å². The molecular formula is C7H8IN5S. The normalized spacial score (nSPS) is 10.4. The van der Waals surface area contributed by atoms with E-state index >= 15 is 0 Å². The Morgan fingerprint density at radius 2 is 2.50 bits per heavy atom. The zero-order valence-corrected chi connectivity index (χ0v) is 10.4. The summed E-state index contributed by atoms with van der Waals surface area (Å²) in [5.74, 6) is 0. The standard InChI is InChI=1S/C7H8IN5S/c1-9-7-6(11-12-14-7)4-13-3-5(8)2-10-13/h2-3,9H,4H2,1H3. The zero-order chi connectivity index (χ0) is 9.97. The molecule has 0 aliphatic carbocycles.